The number of carbonyl (C=O) groups is 3. The zero-order valence-electron chi connectivity index (χ0n) is 22.5. The number of hydrogen-bond acceptors (Lipinski definition) is 6. The molecule has 2 aromatic rings. The van der Waals surface area contributed by atoms with E-state index in [4.69, 9.17) is 4.42 Å². The van der Waals surface area contributed by atoms with Crippen LogP contribution in [0.4, 0.5) is 0 Å². The number of benzene rings is 1. The maximum Gasteiger partial charge on any atom is 0.437 e. The van der Waals surface area contributed by atoms with Gasteiger partial charge in [0.25, 0.3) is 11.8 Å². The van der Waals surface area contributed by atoms with Crippen molar-refractivity contribution in [2.75, 3.05) is 0 Å². The SMILES string of the molecule is CCC[C@@H]1C[C@]1(NC(=O)[C@@H]1CCCC[C@@]12C[C@H]2NC(=O)c1ccccc1)C(=O)c1nn(CC(C)C)c(=O)o1. The Balaban J connectivity index is 1.33. The molecule has 0 bridgehead atoms. The van der Waals surface area contributed by atoms with Crippen LogP contribution in [-0.4, -0.2) is 39.0 Å². The molecule has 204 valence electrons. The quantitative estimate of drug-likeness (QED) is 0.459. The zero-order chi connectivity index (χ0) is 27.1. The number of nitrogens with zero attached hydrogens (tertiary/aromatic N) is 2. The van der Waals surface area contributed by atoms with Crippen LogP contribution in [0.15, 0.2) is 39.5 Å². The molecule has 1 heterocycles. The molecule has 5 atom stereocenters. The molecule has 3 aliphatic rings. The van der Waals surface area contributed by atoms with Gasteiger partial charge in [0.05, 0.1) is 6.54 Å². The molecule has 2 amide bonds. The van der Waals surface area contributed by atoms with Crippen LogP contribution in [0.3, 0.4) is 0 Å². The van der Waals surface area contributed by atoms with Crippen molar-refractivity contribution >= 4 is 17.6 Å². The van der Waals surface area contributed by atoms with Gasteiger partial charge in [0, 0.05) is 22.9 Å². The molecule has 9 heteroatoms. The van der Waals surface area contributed by atoms with Crippen molar-refractivity contribution in [3.63, 3.8) is 0 Å². The minimum Gasteiger partial charge on any atom is -0.384 e. The van der Waals surface area contributed by atoms with Gasteiger partial charge in [0.1, 0.15) is 5.54 Å². The summed E-state index contributed by atoms with van der Waals surface area (Å²) in [5.41, 5.74) is -0.761. The van der Waals surface area contributed by atoms with E-state index < -0.39 is 17.1 Å². The molecule has 0 saturated heterocycles. The molecule has 0 unspecified atom stereocenters. The molecule has 1 spiro atoms. The highest BCUT2D eigenvalue weighted by Crippen LogP contribution is 2.60. The summed E-state index contributed by atoms with van der Waals surface area (Å²) in [6, 6.07) is 9.05. The van der Waals surface area contributed by atoms with Crippen molar-refractivity contribution in [3.05, 3.63) is 52.3 Å². The number of rotatable bonds is 10. The summed E-state index contributed by atoms with van der Waals surface area (Å²) in [5.74, 6) is -1.70. The number of aromatic nitrogens is 2. The highest BCUT2D eigenvalue weighted by atomic mass is 16.4. The molecule has 0 radical (unpaired) electrons. The van der Waals surface area contributed by atoms with E-state index in [-0.39, 0.29) is 46.9 Å². The van der Waals surface area contributed by atoms with Gasteiger partial charge in [0.15, 0.2) is 0 Å². The molecule has 0 aliphatic heterocycles. The number of hydrogen-bond donors (Lipinski definition) is 2. The number of Topliss-reactive ketones (excluding diaryl/α,β-unsaturated/α-hetero) is 1. The van der Waals surface area contributed by atoms with Gasteiger partial charge in [0.2, 0.25) is 11.7 Å². The van der Waals surface area contributed by atoms with Crippen molar-refractivity contribution < 1.29 is 18.8 Å². The average molecular weight is 523 g/mol. The first-order chi connectivity index (χ1) is 18.2. The summed E-state index contributed by atoms with van der Waals surface area (Å²) in [7, 11) is 0. The first-order valence-corrected chi connectivity index (χ1v) is 14.0. The van der Waals surface area contributed by atoms with Gasteiger partial charge in [-0.1, -0.05) is 58.2 Å². The second-order valence-electron chi connectivity index (χ2n) is 11.9. The predicted octanol–water partition coefficient (Wildman–Crippen LogP) is 3.73. The first-order valence-electron chi connectivity index (χ1n) is 14.0. The lowest BCUT2D eigenvalue weighted by atomic mass is 9.75. The molecular weight excluding hydrogens is 484 g/mol. The Bertz CT molecular complexity index is 1270. The molecule has 3 saturated carbocycles. The molecule has 3 fully saturated rings. The van der Waals surface area contributed by atoms with Gasteiger partial charge in [-0.25, -0.2) is 4.79 Å². The Morgan fingerprint density at radius 1 is 1.16 bits per heavy atom. The highest BCUT2D eigenvalue weighted by molar-refractivity contribution is 6.05. The fraction of sp³-hybridized carbons (Fsp3) is 0.621. The summed E-state index contributed by atoms with van der Waals surface area (Å²) in [6.45, 7) is 6.31. The van der Waals surface area contributed by atoms with Crippen molar-refractivity contribution in [1.82, 2.24) is 20.4 Å². The summed E-state index contributed by atoms with van der Waals surface area (Å²) >= 11 is 0. The zero-order valence-corrected chi connectivity index (χ0v) is 22.5. The Morgan fingerprint density at radius 3 is 2.63 bits per heavy atom. The minimum absolute atomic E-state index is 0.0168. The molecule has 3 aliphatic carbocycles. The lowest BCUT2D eigenvalue weighted by Gasteiger charge is -2.33. The molecular formula is C29H38N4O5. The smallest absolute Gasteiger partial charge is 0.384 e. The fourth-order valence-electron chi connectivity index (χ4n) is 6.54. The minimum atomic E-state index is -1.09. The van der Waals surface area contributed by atoms with Crippen LogP contribution in [-0.2, 0) is 11.3 Å². The average Bonchev–Trinajstić information content (AvgIpc) is 3.73. The van der Waals surface area contributed by atoms with Gasteiger partial charge >= 0.3 is 5.76 Å². The summed E-state index contributed by atoms with van der Waals surface area (Å²) in [4.78, 5) is 52.5. The molecule has 38 heavy (non-hydrogen) atoms. The van der Waals surface area contributed by atoms with E-state index in [9.17, 15) is 19.2 Å². The van der Waals surface area contributed by atoms with Crippen molar-refractivity contribution in [3.8, 4) is 0 Å². The largest absolute Gasteiger partial charge is 0.437 e. The van der Waals surface area contributed by atoms with Gasteiger partial charge < -0.3 is 15.1 Å². The van der Waals surface area contributed by atoms with Gasteiger partial charge in [-0.3, -0.25) is 14.4 Å². The Hall–Kier alpha value is -3.23. The van der Waals surface area contributed by atoms with Crippen molar-refractivity contribution in [2.45, 2.75) is 90.3 Å². The van der Waals surface area contributed by atoms with E-state index in [0.717, 1.165) is 44.9 Å². The Kier molecular flexibility index (Phi) is 7.05. The maximum atomic E-state index is 13.8. The summed E-state index contributed by atoms with van der Waals surface area (Å²) in [5, 5.41) is 10.5. The monoisotopic (exact) mass is 522 g/mol. The van der Waals surface area contributed by atoms with E-state index in [1.54, 1.807) is 12.1 Å². The van der Waals surface area contributed by atoms with Crippen LogP contribution in [0.1, 0.15) is 93.2 Å². The molecule has 1 aromatic heterocycles. The second kappa shape index (κ2) is 10.2. The van der Waals surface area contributed by atoms with Crippen LogP contribution in [0.25, 0.3) is 0 Å². The number of ketones is 1. The second-order valence-corrected chi connectivity index (χ2v) is 11.9. The Morgan fingerprint density at radius 2 is 1.92 bits per heavy atom. The van der Waals surface area contributed by atoms with Gasteiger partial charge in [-0.2, -0.15) is 4.68 Å². The third-order valence-electron chi connectivity index (χ3n) is 8.69. The standard InChI is InChI=1S/C29H38N4O5/c1-4-10-20-15-29(20,23(34)26-32-33(17-18(2)3)27(37)38-26)31-25(36)21-13-8-9-14-28(21)16-22(28)30-24(35)19-11-6-5-7-12-19/h5-7,11-12,18,20-22H,4,8-10,13-17H2,1-3H3,(H,30,35)(H,31,36)/t20-,21+,22-,28-,29-/m1/s1. The van der Waals surface area contributed by atoms with E-state index in [0.29, 0.717) is 18.5 Å². The third-order valence-corrected chi connectivity index (χ3v) is 8.69. The highest BCUT2D eigenvalue weighted by Gasteiger charge is 2.66. The van der Waals surface area contributed by atoms with E-state index in [2.05, 4.69) is 15.7 Å². The van der Waals surface area contributed by atoms with E-state index in [1.807, 2.05) is 39.0 Å². The Labute approximate surface area is 222 Å². The maximum absolute atomic E-state index is 13.8. The molecule has 1 aromatic carbocycles. The molecule has 9 nitrogen and oxygen atoms in total. The summed E-state index contributed by atoms with van der Waals surface area (Å²) in [6.07, 6.45) is 6.49. The van der Waals surface area contributed by atoms with E-state index >= 15 is 0 Å². The lowest BCUT2D eigenvalue weighted by molar-refractivity contribution is -0.129. The third kappa shape index (κ3) is 4.83. The van der Waals surface area contributed by atoms with Crippen LogP contribution < -0.4 is 16.4 Å². The topological polar surface area (TPSA) is 123 Å². The van der Waals surface area contributed by atoms with Crippen LogP contribution >= 0.6 is 0 Å². The summed E-state index contributed by atoms with van der Waals surface area (Å²) < 4.78 is 6.45. The number of amides is 2. The lowest BCUT2D eigenvalue weighted by Crippen LogP contribution is -2.50. The predicted molar refractivity (Wildman–Crippen MR) is 141 cm³/mol. The first kappa shape index (κ1) is 26.4. The van der Waals surface area contributed by atoms with Crippen LogP contribution in [0.5, 0.6) is 0 Å². The normalized spacial score (nSPS) is 29.7. The van der Waals surface area contributed by atoms with Gasteiger partial charge in [-0.15, -0.1) is 5.10 Å². The van der Waals surface area contributed by atoms with E-state index in [1.165, 1.54) is 4.68 Å². The van der Waals surface area contributed by atoms with Crippen molar-refractivity contribution in [1.29, 1.82) is 0 Å². The van der Waals surface area contributed by atoms with Crippen LogP contribution in [0.2, 0.25) is 0 Å². The molecule has 5 rings (SSSR count). The molecule has 2 N–H and O–H groups in total. The van der Waals surface area contributed by atoms with Crippen LogP contribution in [0, 0.1) is 23.2 Å². The fourth-order valence-corrected chi connectivity index (χ4v) is 6.54. The number of carbonyl (C=O) groups excluding carboxylic acids is 3. The van der Waals surface area contributed by atoms with Gasteiger partial charge in [-0.05, 0) is 56.1 Å². The number of nitrogens with one attached hydrogen (secondary N) is 2. The van der Waals surface area contributed by atoms with Crippen molar-refractivity contribution in [2.24, 2.45) is 23.2 Å².